The molecular formula is C12H20N4O3. The van der Waals surface area contributed by atoms with E-state index in [1.54, 1.807) is 31.0 Å². The van der Waals surface area contributed by atoms with Gasteiger partial charge in [-0.15, -0.1) is 0 Å². The number of rotatable bonds is 5. The summed E-state index contributed by atoms with van der Waals surface area (Å²) in [6.45, 7) is 5.68. The van der Waals surface area contributed by atoms with Gasteiger partial charge in [0.15, 0.2) is 0 Å². The molecule has 7 nitrogen and oxygen atoms in total. The second-order valence-electron chi connectivity index (χ2n) is 4.85. The van der Waals surface area contributed by atoms with E-state index in [9.17, 15) is 9.59 Å². The first-order valence-corrected chi connectivity index (χ1v) is 6.10. The zero-order chi connectivity index (χ0) is 14.6. The fourth-order valence-electron chi connectivity index (χ4n) is 1.48. The Balaban J connectivity index is 2.56. The molecule has 106 valence electrons. The molecule has 0 aliphatic carbocycles. The fraction of sp³-hybridized carbons (Fsp3) is 0.583. The van der Waals surface area contributed by atoms with Crippen LogP contribution in [-0.2, 0) is 4.79 Å². The number of nitrogens with one attached hydrogen (secondary N) is 1. The average molecular weight is 268 g/mol. The minimum absolute atomic E-state index is 0.152. The third-order valence-electron chi connectivity index (χ3n) is 2.70. The van der Waals surface area contributed by atoms with E-state index in [0.717, 1.165) is 0 Å². The van der Waals surface area contributed by atoms with Crippen LogP contribution in [0.4, 0.5) is 10.5 Å². The van der Waals surface area contributed by atoms with E-state index >= 15 is 0 Å². The van der Waals surface area contributed by atoms with Gasteiger partial charge in [0.2, 0.25) is 0 Å². The Bertz CT molecular complexity index is 456. The minimum atomic E-state index is -0.924. The fourth-order valence-corrected chi connectivity index (χ4v) is 1.48. The molecule has 1 rings (SSSR count). The SMILES string of the molecule is CC(CN(C)C(=O)Nc1cnn(C(C)C)c1)C(=O)O. The summed E-state index contributed by atoms with van der Waals surface area (Å²) in [5.41, 5.74) is 0.591. The van der Waals surface area contributed by atoms with Crippen LogP contribution in [-0.4, -0.2) is 45.4 Å². The summed E-state index contributed by atoms with van der Waals surface area (Å²) in [4.78, 5) is 23.9. The van der Waals surface area contributed by atoms with Crippen molar-refractivity contribution in [3.05, 3.63) is 12.4 Å². The molecule has 1 heterocycles. The maximum Gasteiger partial charge on any atom is 0.321 e. The maximum absolute atomic E-state index is 11.8. The van der Waals surface area contributed by atoms with Gasteiger partial charge >= 0.3 is 12.0 Å². The molecule has 1 atom stereocenters. The van der Waals surface area contributed by atoms with Crippen molar-refractivity contribution in [2.24, 2.45) is 5.92 Å². The van der Waals surface area contributed by atoms with Gasteiger partial charge in [0.1, 0.15) is 0 Å². The molecule has 1 unspecified atom stereocenters. The molecule has 1 aromatic heterocycles. The molecule has 1 aromatic rings. The molecule has 7 heteroatoms. The lowest BCUT2D eigenvalue weighted by Crippen LogP contribution is -2.36. The molecule has 2 N–H and O–H groups in total. The Morgan fingerprint density at radius 2 is 2.11 bits per heavy atom. The van der Waals surface area contributed by atoms with E-state index in [-0.39, 0.29) is 18.6 Å². The number of carbonyl (C=O) groups is 2. The van der Waals surface area contributed by atoms with Crippen molar-refractivity contribution in [2.45, 2.75) is 26.8 Å². The highest BCUT2D eigenvalue weighted by Crippen LogP contribution is 2.10. The largest absolute Gasteiger partial charge is 0.481 e. The van der Waals surface area contributed by atoms with Gasteiger partial charge in [-0.1, -0.05) is 6.92 Å². The van der Waals surface area contributed by atoms with Crippen LogP contribution in [0.15, 0.2) is 12.4 Å². The Labute approximate surface area is 112 Å². The predicted octanol–water partition coefficient (Wildman–Crippen LogP) is 1.65. The number of hydrogen-bond donors (Lipinski definition) is 2. The number of urea groups is 1. The van der Waals surface area contributed by atoms with Crippen LogP contribution in [0.3, 0.4) is 0 Å². The Kier molecular flexibility index (Phi) is 4.91. The van der Waals surface area contributed by atoms with E-state index in [0.29, 0.717) is 5.69 Å². The zero-order valence-corrected chi connectivity index (χ0v) is 11.6. The summed E-state index contributed by atoms with van der Waals surface area (Å²) < 4.78 is 1.73. The summed E-state index contributed by atoms with van der Waals surface area (Å²) in [6, 6.07) is -0.133. The molecule has 0 aliphatic rings. The molecule has 0 radical (unpaired) electrons. The summed E-state index contributed by atoms with van der Waals surface area (Å²) in [7, 11) is 1.56. The molecule has 0 spiro atoms. The third-order valence-corrected chi connectivity index (χ3v) is 2.70. The van der Waals surface area contributed by atoms with Crippen molar-refractivity contribution < 1.29 is 14.7 Å². The first-order chi connectivity index (χ1) is 8.81. The minimum Gasteiger partial charge on any atom is -0.481 e. The summed E-state index contributed by atoms with van der Waals surface area (Å²) in [5.74, 6) is -1.53. The molecule has 0 bridgehead atoms. The van der Waals surface area contributed by atoms with Gasteiger partial charge in [0.05, 0.1) is 17.8 Å². The highest BCUT2D eigenvalue weighted by atomic mass is 16.4. The van der Waals surface area contributed by atoms with Crippen LogP contribution in [0, 0.1) is 5.92 Å². The van der Waals surface area contributed by atoms with Crippen LogP contribution in [0.25, 0.3) is 0 Å². The normalized spacial score (nSPS) is 12.3. The standard InChI is InChI=1S/C12H20N4O3/c1-8(2)16-7-10(5-13-16)14-12(19)15(4)6-9(3)11(17)18/h5,7-9H,6H2,1-4H3,(H,14,19)(H,17,18). The Hall–Kier alpha value is -2.05. The lowest BCUT2D eigenvalue weighted by molar-refractivity contribution is -0.141. The maximum atomic E-state index is 11.8. The molecule has 0 saturated carbocycles. The number of carbonyl (C=O) groups excluding carboxylic acids is 1. The van der Waals surface area contributed by atoms with Gasteiger partial charge in [-0.2, -0.15) is 5.10 Å². The second kappa shape index (κ2) is 6.21. The quantitative estimate of drug-likeness (QED) is 0.850. The molecule has 0 aromatic carbocycles. The number of carboxylic acid groups (broad SMARTS) is 1. The average Bonchev–Trinajstić information content (AvgIpc) is 2.77. The van der Waals surface area contributed by atoms with Crippen molar-refractivity contribution in [3.8, 4) is 0 Å². The van der Waals surface area contributed by atoms with Crippen LogP contribution in [0.1, 0.15) is 26.8 Å². The van der Waals surface area contributed by atoms with Gasteiger partial charge in [-0.3, -0.25) is 9.48 Å². The lowest BCUT2D eigenvalue weighted by atomic mass is 10.2. The van der Waals surface area contributed by atoms with Crippen LogP contribution in [0.2, 0.25) is 0 Å². The van der Waals surface area contributed by atoms with Gasteiger partial charge in [-0.25, -0.2) is 4.79 Å². The number of aromatic nitrogens is 2. The third kappa shape index (κ3) is 4.27. The van der Waals surface area contributed by atoms with Crippen LogP contribution in [0.5, 0.6) is 0 Å². The highest BCUT2D eigenvalue weighted by molar-refractivity contribution is 5.89. The molecule has 2 amide bonds. The molecule has 0 fully saturated rings. The second-order valence-corrected chi connectivity index (χ2v) is 4.85. The highest BCUT2D eigenvalue weighted by Gasteiger charge is 2.17. The van der Waals surface area contributed by atoms with Crippen LogP contribution >= 0.6 is 0 Å². The number of aliphatic carboxylic acids is 1. The summed E-state index contributed by atoms with van der Waals surface area (Å²) in [5, 5.41) is 15.6. The number of hydrogen-bond acceptors (Lipinski definition) is 3. The van der Waals surface area contributed by atoms with Crippen molar-refractivity contribution in [1.29, 1.82) is 0 Å². The van der Waals surface area contributed by atoms with E-state index < -0.39 is 11.9 Å². The summed E-state index contributed by atoms with van der Waals surface area (Å²) >= 11 is 0. The lowest BCUT2D eigenvalue weighted by Gasteiger charge is -2.19. The predicted molar refractivity (Wildman–Crippen MR) is 71.1 cm³/mol. The van der Waals surface area contributed by atoms with E-state index in [4.69, 9.17) is 5.11 Å². The van der Waals surface area contributed by atoms with Crippen molar-refractivity contribution in [2.75, 3.05) is 18.9 Å². The van der Waals surface area contributed by atoms with Gasteiger partial charge < -0.3 is 15.3 Å². The Morgan fingerprint density at radius 1 is 1.47 bits per heavy atom. The van der Waals surface area contributed by atoms with Gasteiger partial charge in [-0.05, 0) is 13.8 Å². The smallest absolute Gasteiger partial charge is 0.321 e. The Morgan fingerprint density at radius 3 is 2.58 bits per heavy atom. The first-order valence-electron chi connectivity index (χ1n) is 6.10. The number of carboxylic acids is 1. The number of nitrogens with zero attached hydrogens (tertiary/aromatic N) is 3. The molecule has 0 aliphatic heterocycles. The van der Waals surface area contributed by atoms with Crippen molar-refractivity contribution >= 4 is 17.7 Å². The van der Waals surface area contributed by atoms with Crippen molar-refractivity contribution in [3.63, 3.8) is 0 Å². The van der Waals surface area contributed by atoms with E-state index in [1.807, 2.05) is 13.8 Å². The summed E-state index contributed by atoms with van der Waals surface area (Å²) in [6.07, 6.45) is 3.30. The molecule has 19 heavy (non-hydrogen) atoms. The van der Waals surface area contributed by atoms with E-state index in [1.165, 1.54) is 4.90 Å². The molecular weight excluding hydrogens is 248 g/mol. The monoisotopic (exact) mass is 268 g/mol. The van der Waals surface area contributed by atoms with Crippen LogP contribution < -0.4 is 5.32 Å². The van der Waals surface area contributed by atoms with E-state index in [2.05, 4.69) is 10.4 Å². The van der Waals surface area contributed by atoms with Gasteiger partial charge in [0, 0.05) is 25.8 Å². The zero-order valence-electron chi connectivity index (χ0n) is 11.6. The number of anilines is 1. The molecule has 0 saturated heterocycles. The number of amides is 2. The first kappa shape index (κ1) is 15.0. The topological polar surface area (TPSA) is 87.5 Å². The van der Waals surface area contributed by atoms with Crippen molar-refractivity contribution in [1.82, 2.24) is 14.7 Å². The van der Waals surface area contributed by atoms with Gasteiger partial charge in [0.25, 0.3) is 0 Å².